The van der Waals surface area contributed by atoms with Gasteiger partial charge in [-0.3, -0.25) is 14.5 Å². The maximum Gasteiger partial charge on any atom is 0.419 e. The number of nitrogens with one attached hydrogen (secondary N) is 1. The standard InChI is InChI=1S/C30H31N5O6/c1-6-13-40-27(38)33-17-19(31-18-33)15-21-25(37)34-23(24(36)32-21)16-30(29(4,5)8-3)20-11-9-10-12-22(20)35(26(30)34)28(39)41-14-7-2/h6-12,15,17-18,23,26H,1-3,13-14,16H2,4-5H3,(H,32,36)/b21-15-/t23?,26-,30-/m1/s1. The number of hydrogen-bond acceptors (Lipinski definition) is 7. The molecule has 3 aliphatic heterocycles. The molecule has 41 heavy (non-hydrogen) atoms. The molecule has 0 radical (unpaired) electrons. The molecule has 3 amide bonds. The fourth-order valence-electron chi connectivity index (χ4n) is 6.07. The molecule has 0 spiro atoms. The topological polar surface area (TPSA) is 123 Å². The molecule has 11 nitrogen and oxygen atoms in total. The summed E-state index contributed by atoms with van der Waals surface area (Å²) in [5.41, 5.74) is 0.0919. The molecule has 0 bridgehead atoms. The van der Waals surface area contributed by atoms with E-state index in [1.54, 1.807) is 6.08 Å². The summed E-state index contributed by atoms with van der Waals surface area (Å²) in [5, 5.41) is 2.72. The normalized spacial score (nSPS) is 23.8. The molecule has 4 heterocycles. The Morgan fingerprint density at radius 1 is 1.12 bits per heavy atom. The highest BCUT2D eigenvalue weighted by molar-refractivity contribution is 6.09. The van der Waals surface area contributed by atoms with E-state index in [1.165, 1.54) is 40.6 Å². The van der Waals surface area contributed by atoms with Crippen LogP contribution in [0.5, 0.6) is 0 Å². The number of allylic oxidation sites excluding steroid dienone is 1. The number of carbonyl (C=O) groups excluding carboxylic acids is 4. The van der Waals surface area contributed by atoms with Crippen molar-refractivity contribution in [3.8, 4) is 0 Å². The van der Waals surface area contributed by atoms with Crippen molar-refractivity contribution in [1.29, 1.82) is 0 Å². The molecule has 0 aliphatic carbocycles. The summed E-state index contributed by atoms with van der Waals surface area (Å²) in [6.45, 7) is 15.2. The third-order valence-electron chi connectivity index (χ3n) is 8.08. The molecule has 1 aromatic heterocycles. The van der Waals surface area contributed by atoms with Crippen molar-refractivity contribution in [2.75, 3.05) is 18.1 Å². The largest absolute Gasteiger partial charge is 0.445 e. The van der Waals surface area contributed by atoms with Gasteiger partial charge in [-0.05, 0) is 29.5 Å². The van der Waals surface area contributed by atoms with E-state index < -0.39 is 47.0 Å². The average Bonchev–Trinajstić information content (AvgIpc) is 3.65. The van der Waals surface area contributed by atoms with Gasteiger partial charge in [0.15, 0.2) is 0 Å². The maximum atomic E-state index is 14.2. The smallest absolute Gasteiger partial charge is 0.419 e. The quantitative estimate of drug-likeness (QED) is 0.406. The summed E-state index contributed by atoms with van der Waals surface area (Å²) in [6, 6.07) is 6.55. The first kappa shape index (κ1) is 27.6. The predicted molar refractivity (Wildman–Crippen MR) is 150 cm³/mol. The SMILES string of the molecule is C=CCOC(=O)N1c2ccccc2[C@]2(C(C)(C)C=C)CC3C(=O)N/C(=C\c4cn(C(=O)OCC=C)cn4)C(=O)N3[C@H]12. The van der Waals surface area contributed by atoms with Crippen LogP contribution in [0.15, 0.2) is 80.5 Å². The van der Waals surface area contributed by atoms with Crippen LogP contribution >= 0.6 is 0 Å². The van der Waals surface area contributed by atoms with Gasteiger partial charge in [0.2, 0.25) is 5.91 Å². The maximum absolute atomic E-state index is 14.2. The van der Waals surface area contributed by atoms with Crippen LogP contribution in [0.1, 0.15) is 31.5 Å². The number of benzene rings is 1. The van der Waals surface area contributed by atoms with Crippen LogP contribution in [-0.4, -0.2) is 63.9 Å². The Hall–Kier alpha value is -4.93. The van der Waals surface area contributed by atoms with Crippen LogP contribution in [0.4, 0.5) is 15.3 Å². The first-order valence-corrected chi connectivity index (χ1v) is 13.1. The lowest BCUT2D eigenvalue weighted by Crippen LogP contribution is -2.62. The summed E-state index contributed by atoms with van der Waals surface area (Å²) >= 11 is 0. The minimum Gasteiger partial charge on any atom is -0.445 e. The number of nitrogens with zero attached hydrogens (tertiary/aromatic N) is 4. The molecule has 3 atom stereocenters. The Balaban J connectivity index is 1.60. The summed E-state index contributed by atoms with van der Waals surface area (Å²) < 4.78 is 11.6. The zero-order valence-electron chi connectivity index (χ0n) is 22.9. The zero-order valence-corrected chi connectivity index (χ0v) is 22.9. The lowest BCUT2D eigenvalue weighted by molar-refractivity contribution is -0.142. The average molecular weight is 558 g/mol. The van der Waals surface area contributed by atoms with Crippen molar-refractivity contribution >= 4 is 35.8 Å². The van der Waals surface area contributed by atoms with Gasteiger partial charge in [-0.1, -0.05) is 63.4 Å². The first-order valence-electron chi connectivity index (χ1n) is 13.1. The van der Waals surface area contributed by atoms with Gasteiger partial charge < -0.3 is 19.7 Å². The van der Waals surface area contributed by atoms with Gasteiger partial charge in [-0.15, -0.1) is 6.58 Å². The van der Waals surface area contributed by atoms with Crippen LogP contribution in [0.2, 0.25) is 0 Å². The Bertz CT molecular complexity index is 1510. The van der Waals surface area contributed by atoms with Crippen LogP contribution in [0, 0.1) is 5.41 Å². The van der Waals surface area contributed by atoms with Crippen LogP contribution in [0.25, 0.3) is 6.08 Å². The number of aromatic nitrogens is 2. The van der Waals surface area contributed by atoms with E-state index in [2.05, 4.69) is 30.0 Å². The van der Waals surface area contributed by atoms with Crippen molar-refractivity contribution in [2.45, 2.75) is 37.9 Å². The third-order valence-corrected chi connectivity index (χ3v) is 8.08. The predicted octanol–water partition coefficient (Wildman–Crippen LogP) is 3.74. The Labute approximate surface area is 237 Å². The number of ether oxygens (including phenoxy) is 2. The minimum absolute atomic E-state index is 0.0245. The third kappa shape index (κ3) is 4.16. The summed E-state index contributed by atoms with van der Waals surface area (Å²) in [6.07, 6.45) is 6.74. The number of rotatable bonds is 7. The molecule has 0 saturated carbocycles. The number of amides is 3. The molecule has 5 rings (SSSR count). The second-order valence-electron chi connectivity index (χ2n) is 10.6. The Kier molecular flexibility index (Phi) is 6.90. The summed E-state index contributed by atoms with van der Waals surface area (Å²) in [4.78, 5) is 60.5. The van der Waals surface area contributed by atoms with Gasteiger partial charge in [0.1, 0.15) is 37.4 Å². The molecule has 11 heteroatoms. The van der Waals surface area contributed by atoms with Gasteiger partial charge in [0, 0.05) is 11.6 Å². The fourth-order valence-corrected chi connectivity index (χ4v) is 6.07. The number of fused-ring (bicyclic) bond motifs is 5. The molecule has 212 valence electrons. The highest BCUT2D eigenvalue weighted by Gasteiger charge is 2.70. The zero-order chi connectivity index (χ0) is 29.5. The van der Waals surface area contributed by atoms with Crippen LogP contribution in [-0.2, 0) is 24.5 Å². The van der Waals surface area contributed by atoms with E-state index in [4.69, 9.17) is 9.47 Å². The monoisotopic (exact) mass is 557 g/mol. The summed E-state index contributed by atoms with van der Waals surface area (Å²) in [7, 11) is 0. The van der Waals surface area contributed by atoms with Crippen molar-refractivity contribution in [3.05, 3.63) is 91.7 Å². The van der Waals surface area contributed by atoms with E-state index in [-0.39, 0.29) is 31.0 Å². The van der Waals surface area contributed by atoms with Crippen molar-refractivity contribution in [1.82, 2.24) is 19.8 Å². The minimum atomic E-state index is -0.886. The van der Waals surface area contributed by atoms with E-state index >= 15 is 0 Å². The highest BCUT2D eigenvalue weighted by atomic mass is 16.6. The first-order chi connectivity index (χ1) is 19.6. The Morgan fingerprint density at radius 2 is 1.80 bits per heavy atom. The lowest BCUT2D eigenvalue weighted by Gasteiger charge is -2.45. The molecule has 2 aromatic rings. The van der Waals surface area contributed by atoms with Gasteiger partial charge >= 0.3 is 12.2 Å². The molecule has 1 aromatic carbocycles. The molecule has 2 saturated heterocycles. The molecule has 1 N–H and O–H groups in total. The van der Waals surface area contributed by atoms with E-state index in [1.807, 2.05) is 38.1 Å². The lowest BCUT2D eigenvalue weighted by atomic mass is 9.60. The van der Waals surface area contributed by atoms with Crippen molar-refractivity contribution in [2.24, 2.45) is 5.41 Å². The summed E-state index contributed by atoms with van der Waals surface area (Å²) in [5.74, 6) is -0.898. The molecule has 3 aliphatic rings. The van der Waals surface area contributed by atoms with Crippen LogP contribution in [0.3, 0.4) is 0 Å². The molecule has 1 unspecified atom stereocenters. The number of hydrogen-bond donors (Lipinski definition) is 1. The van der Waals surface area contributed by atoms with E-state index in [0.717, 1.165) is 10.1 Å². The van der Waals surface area contributed by atoms with E-state index in [0.29, 0.717) is 5.69 Å². The number of imidazole rings is 1. The van der Waals surface area contributed by atoms with E-state index in [9.17, 15) is 19.2 Å². The van der Waals surface area contributed by atoms with Crippen LogP contribution < -0.4 is 10.2 Å². The fraction of sp³-hybridized carbons (Fsp3) is 0.300. The number of anilines is 1. The Morgan fingerprint density at radius 3 is 2.49 bits per heavy atom. The molecular formula is C30H31N5O6. The van der Waals surface area contributed by atoms with Gasteiger partial charge in [-0.2, -0.15) is 0 Å². The molecular weight excluding hydrogens is 526 g/mol. The molecule has 2 fully saturated rings. The highest BCUT2D eigenvalue weighted by Crippen LogP contribution is 2.62. The number of piperazine rings is 1. The van der Waals surface area contributed by atoms with Crippen molar-refractivity contribution in [3.63, 3.8) is 0 Å². The second-order valence-corrected chi connectivity index (χ2v) is 10.6. The van der Waals surface area contributed by atoms with Crippen molar-refractivity contribution < 1.29 is 28.7 Å². The number of carbonyl (C=O) groups is 4. The van der Waals surface area contributed by atoms with Gasteiger partial charge in [-0.25, -0.2) is 19.1 Å². The number of para-hydroxylation sites is 1. The van der Waals surface area contributed by atoms with Gasteiger partial charge in [0.25, 0.3) is 5.91 Å². The van der Waals surface area contributed by atoms with Gasteiger partial charge in [0.05, 0.1) is 11.4 Å². The second kappa shape index (κ2) is 10.2.